The minimum absolute atomic E-state index is 0.434. The Morgan fingerprint density at radius 3 is 2.96 bits per heavy atom. The van der Waals surface area contributed by atoms with E-state index in [9.17, 15) is 4.79 Å². The summed E-state index contributed by atoms with van der Waals surface area (Å²) in [5.41, 5.74) is 2.28. The number of hydrogen-bond acceptors (Lipinski definition) is 5. The van der Waals surface area contributed by atoms with Gasteiger partial charge in [0.2, 0.25) is 0 Å². The maximum atomic E-state index is 11.1. The summed E-state index contributed by atoms with van der Waals surface area (Å²) in [5.74, 6) is -0.191. The van der Waals surface area contributed by atoms with Crippen LogP contribution in [0.2, 0.25) is 0 Å². The Labute approximate surface area is 145 Å². The molecule has 1 aliphatic heterocycles. The number of likely N-dealkylation sites (tertiary alicyclic amines) is 1. The summed E-state index contributed by atoms with van der Waals surface area (Å²) in [5, 5.41) is 17.7. The average molecular weight is 346 g/mol. The molecular weight excluding hydrogens is 324 g/mol. The molecule has 24 heavy (non-hydrogen) atoms. The maximum Gasteiger partial charge on any atom is 0.345 e. The van der Waals surface area contributed by atoms with Crippen LogP contribution < -0.4 is 0 Å². The first kappa shape index (κ1) is 15.8. The first-order chi connectivity index (χ1) is 11.6. The van der Waals surface area contributed by atoms with E-state index in [1.807, 2.05) is 17.7 Å². The highest BCUT2D eigenvalue weighted by molar-refractivity contribution is 7.14. The first-order valence-corrected chi connectivity index (χ1v) is 9.38. The molecule has 0 radical (unpaired) electrons. The van der Waals surface area contributed by atoms with Gasteiger partial charge in [-0.3, -0.25) is 9.58 Å². The van der Waals surface area contributed by atoms with Crippen molar-refractivity contribution in [3.05, 3.63) is 33.3 Å². The van der Waals surface area contributed by atoms with Crippen molar-refractivity contribution in [3.8, 4) is 0 Å². The van der Waals surface area contributed by atoms with Crippen LogP contribution in [-0.4, -0.2) is 43.6 Å². The van der Waals surface area contributed by atoms with Crippen LogP contribution in [0.4, 0.5) is 0 Å². The molecule has 0 bridgehead atoms. The molecule has 2 aliphatic rings. The van der Waals surface area contributed by atoms with E-state index in [-0.39, 0.29) is 0 Å². The fourth-order valence-corrected chi connectivity index (χ4v) is 4.37. The van der Waals surface area contributed by atoms with E-state index in [1.54, 1.807) is 0 Å². The highest BCUT2D eigenvalue weighted by Crippen LogP contribution is 2.38. The number of carboxylic acids is 1. The van der Waals surface area contributed by atoms with E-state index >= 15 is 0 Å². The molecule has 1 N–H and O–H groups in total. The maximum absolute atomic E-state index is 11.1. The Hall–Kier alpha value is -1.73. The fraction of sp³-hybridized carbons (Fsp3) is 0.588. The van der Waals surface area contributed by atoms with Crippen molar-refractivity contribution < 1.29 is 9.90 Å². The number of hydrogen-bond donors (Lipinski definition) is 1. The van der Waals surface area contributed by atoms with Crippen molar-refractivity contribution in [1.82, 2.24) is 19.9 Å². The van der Waals surface area contributed by atoms with Gasteiger partial charge in [0.1, 0.15) is 4.88 Å². The molecule has 6 nitrogen and oxygen atoms in total. The Kier molecular flexibility index (Phi) is 4.14. The van der Waals surface area contributed by atoms with Crippen LogP contribution in [0.15, 0.2) is 12.3 Å². The predicted molar refractivity (Wildman–Crippen MR) is 91.4 cm³/mol. The molecule has 128 valence electrons. The third-order valence-corrected chi connectivity index (χ3v) is 6.13. The van der Waals surface area contributed by atoms with Crippen molar-refractivity contribution in [2.24, 2.45) is 0 Å². The van der Waals surface area contributed by atoms with E-state index in [4.69, 9.17) is 5.11 Å². The smallest absolute Gasteiger partial charge is 0.345 e. The van der Waals surface area contributed by atoms with Gasteiger partial charge in [0.05, 0.1) is 12.2 Å². The third kappa shape index (κ3) is 3.23. The molecule has 0 amide bonds. The molecule has 1 saturated heterocycles. The molecule has 0 spiro atoms. The third-order valence-electron chi connectivity index (χ3n) is 5.05. The largest absolute Gasteiger partial charge is 0.477 e. The topological polar surface area (TPSA) is 71.2 Å². The Balaban J connectivity index is 1.43. The van der Waals surface area contributed by atoms with Gasteiger partial charge >= 0.3 is 5.97 Å². The second-order valence-electron chi connectivity index (χ2n) is 6.90. The number of aromatic nitrogens is 3. The zero-order chi connectivity index (χ0) is 16.7. The van der Waals surface area contributed by atoms with Crippen LogP contribution in [0.5, 0.6) is 0 Å². The highest BCUT2D eigenvalue weighted by Gasteiger charge is 2.29. The molecule has 1 aliphatic carbocycles. The van der Waals surface area contributed by atoms with Gasteiger partial charge in [0.25, 0.3) is 0 Å². The summed E-state index contributed by atoms with van der Waals surface area (Å²) >= 11 is 1.37. The van der Waals surface area contributed by atoms with E-state index in [2.05, 4.69) is 21.4 Å². The monoisotopic (exact) mass is 346 g/mol. The van der Waals surface area contributed by atoms with Crippen molar-refractivity contribution in [2.75, 3.05) is 6.54 Å². The summed E-state index contributed by atoms with van der Waals surface area (Å²) in [6, 6.07) is 2.28. The fourth-order valence-electron chi connectivity index (χ4n) is 3.50. The zero-order valence-corrected chi connectivity index (χ0v) is 14.6. The summed E-state index contributed by atoms with van der Waals surface area (Å²) in [6.45, 7) is 4.77. The molecule has 1 atom stereocenters. The molecule has 0 unspecified atom stereocenters. The number of rotatable bonds is 6. The van der Waals surface area contributed by atoms with Gasteiger partial charge in [0.15, 0.2) is 0 Å². The van der Waals surface area contributed by atoms with E-state index in [1.165, 1.54) is 30.6 Å². The second-order valence-corrected chi connectivity index (χ2v) is 8.16. The number of thiophene rings is 1. The van der Waals surface area contributed by atoms with Crippen molar-refractivity contribution in [2.45, 2.75) is 57.7 Å². The molecule has 2 aromatic heterocycles. The molecule has 7 heteroatoms. The first-order valence-electron chi connectivity index (χ1n) is 8.57. The Morgan fingerprint density at radius 1 is 1.42 bits per heavy atom. The summed E-state index contributed by atoms with van der Waals surface area (Å²) in [6.07, 6.45) is 6.94. The Bertz CT molecular complexity index is 750. The average Bonchev–Trinajstić information content (AvgIpc) is 2.96. The number of nitrogens with zero attached hydrogens (tertiary/aromatic N) is 4. The van der Waals surface area contributed by atoms with Crippen LogP contribution in [0, 0.1) is 6.92 Å². The lowest BCUT2D eigenvalue weighted by molar-refractivity contribution is 0.0702. The standard InChI is InChI=1S/C17H22N4O2S/c1-11-13(7-16(24-11)17(22)23)8-20-6-2-3-14(20)9-21-10-15(18-19-21)12-4-5-12/h7,10,12,14H,2-6,8-9H2,1H3,(H,22,23)/t14-/m0/s1. The lowest BCUT2D eigenvalue weighted by Crippen LogP contribution is -2.32. The SMILES string of the molecule is Cc1sc(C(=O)O)cc1CN1CCC[C@H]1Cn1cc(C2CC2)nn1. The van der Waals surface area contributed by atoms with Crippen LogP contribution in [-0.2, 0) is 13.1 Å². The number of aryl methyl sites for hydroxylation is 1. The van der Waals surface area contributed by atoms with Gasteiger partial charge in [-0.25, -0.2) is 4.79 Å². The van der Waals surface area contributed by atoms with Gasteiger partial charge in [-0.15, -0.1) is 16.4 Å². The van der Waals surface area contributed by atoms with E-state index in [0.717, 1.165) is 42.2 Å². The van der Waals surface area contributed by atoms with Crippen molar-refractivity contribution in [1.29, 1.82) is 0 Å². The van der Waals surface area contributed by atoms with Gasteiger partial charge in [-0.2, -0.15) is 0 Å². The van der Waals surface area contributed by atoms with Gasteiger partial charge in [0, 0.05) is 29.6 Å². The minimum atomic E-state index is -0.831. The summed E-state index contributed by atoms with van der Waals surface area (Å²) in [4.78, 5) is 15.1. The van der Waals surface area contributed by atoms with Crippen molar-refractivity contribution in [3.63, 3.8) is 0 Å². The molecule has 2 fully saturated rings. The van der Waals surface area contributed by atoms with Crippen molar-refractivity contribution >= 4 is 17.3 Å². The van der Waals surface area contributed by atoms with Gasteiger partial charge in [-0.1, -0.05) is 5.21 Å². The van der Waals surface area contributed by atoms with E-state index in [0.29, 0.717) is 16.8 Å². The molecule has 0 aromatic carbocycles. The lowest BCUT2D eigenvalue weighted by Gasteiger charge is -2.24. The summed E-state index contributed by atoms with van der Waals surface area (Å²) < 4.78 is 1.99. The number of carboxylic acid groups (broad SMARTS) is 1. The number of aromatic carboxylic acids is 1. The minimum Gasteiger partial charge on any atom is -0.477 e. The summed E-state index contributed by atoms with van der Waals surface area (Å²) in [7, 11) is 0. The molecule has 4 rings (SSSR count). The predicted octanol–water partition coefficient (Wildman–Crippen LogP) is 2.89. The molecule has 2 aromatic rings. The van der Waals surface area contributed by atoms with Gasteiger partial charge in [-0.05, 0) is 50.8 Å². The molecular formula is C17H22N4O2S. The lowest BCUT2D eigenvalue weighted by atomic mass is 10.2. The van der Waals surface area contributed by atoms with Crippen LogP contribution >= 0.6 is 11.3 Å². The van der Waals surface area contributed by atoms with E-state index < -0.39 is 5.97 Å². The highest BCUT2D eigenvalue weighted by atomic mass is 32.1. The quantitative estimate of drug-likeness (QED) is 0.871. The molecule has 1 saturated carbocycles. The molecule has 3 heterocycles. The van der Waals surface area contributed by atoms with Gasteiger partial charge < -0.3 is 5.11 Å². The number of carbonyl (C=O) groups is 1. The second kappa shape index (κ2) is 6.29. The zero-order valence-electron chi connectivity index (χ0n) is 13.8. The normalized spacial score (nSPS) is 21.5. The van der Waals surface area contributed by atoms with Crippen LogP contribution in [0.3, 0.4) is 0 Å². The Morgan fingerprint density at radius 2 is 2.25 bits per heavy atom. The van der Waals surface area contributed by atoms with Crippen LogP contribution in [0.1, 0.15) is 57.4 Å². The van der Waals surface area contributed by atoms with Crippen LogP contribution in [0.25, 0.3) is 0 Å².